The molecule has 2 unspecified atom stereocenters. The largest absolute Gasteiger partial charge is 0.387 e. The minimum atomic E-state index is -0.887. The van der Waals surface area contributed by atoms with E-state index in [-0.39, 0.29) is 5.84 Å². The van der Waals surface area contributed by atoms with Gasteiger partial charge in [-0.05, 0) is 39.5 Å². The lowest BCUT2D eigenvalue weighted by molar-refractivity contribution is 0.204. The molecule has 2 fully saturated rings. The van der Waals surface area contributed by atoms with Gasteiger partial charge in [0, 0.05) is 37.3 Å². The van der Waals surface area contributed by atoms with Crippen molar-refractivity contribution in [2.45, 2.75) is 83.5 Å². The van der Waals surface area contributed by atoms with Gasteiger partial charge in [0.15, 0.2) is 0 Å². The fourth-order valence-corrected chi connectivity index (χ4v) is 4.06. The number of nitrogens with two attached hydrogens (primary N) is 1. The Morgan fingerprint density at radius 1 is 1.15 bits per heavy atom. The highest BCUT2D eigenvalue weighted by Crippen LogP contribution is 2.21. The maximum atomic E-state index is 9.47. The van der Waals surface area contributed by atoms with Crippen molar-refractivity contribution in [3.05, 3.63) is 0 Å². The van der Waals surface area contributed by atoms with E-state index in [1.54, 1.807) is 13.8 Å². The molecule has 0 spiro atoms. The Balaban J connectivity index is 1.90. The summed E-state index contributed by atoms with van der Waals surface area (Å²) < 4.78 is 0. The third kappa shape index (κ3) is 6.36. The third-order valence-corrected chi connectivity index (χ3v) is 5.45. The van der Waals surface area contributed by atoms with Gasteiger partial charge in [-0.25, -0.2) is 4.99 Å². The number of hydrogen-bond acceptors (Lipinski definition) is 5. The molecule has 0 bridgehead atoms. The second-order valence-corrected chi connectivity index (χ2v) is 7.87. The maximum absolute atomic E-state index is 9.47. The van der Waals surface area contributed by atoms with E-state index >= 15 is 0 Å². The van der Waals surface area contributed by atoms with Crippen LogP contribution >= 0.6 is 0 Å². The van der Waals surface area contributed by atoms with Gasteiger partial charge in [0.05, 0.1) is 5.92 Å². The van der Waals surface area contributed by atoms with Crippen LogP contribution in [0.4, 0.5) is 0 Å². The van der Waals surface area contributed by atoms with Gasteiger partial charge in [-0.2, -0.15) is 0 Å². The zero-order valence-corrected chi connectivity index (χ0v) is 16.3. The van der Waals surface area contributed by atoms with E-state index in [1.807, 2.05) is 0 Å². The Hall–Kier alpha value is -1.47. The summed E-state index contributed by atoms with van der Waals surface area (Å²) in [5.74, 6) is 0.249. The molecule has 0 aromatic carbocycles. The van der Waals surface area contributed by atoms with Gasteiger partial charge < -0.3 is 26.5 Å². The second-order valence-electron chi connectivity index (χ2n) is 7.87. The van der Waals surface area contributed by atoms with Crippen LogP contribution in [-0.4, -0.2) is 58.8 Å². The zero-order valence-electron chi connectivity index (χ0n) is 16.3. The van der Waals surface area contributed by atoms with Crippen LogP contribution in [0.3, 0.4) is 0 Å². The van der Waals surface area contributed by atoms with E-state index in [9.17, 15) is 5.11 Å². The summed E-state index contributed by atoms with van der Waals surface area (Å²) in [5.41, 5.74) is 6.51. The van der Waals surface area contributed by atoms with Crippen LogP contribution in [0.5, 0.6) is 0 Å². The Morgan fingerprint density at radius 2 is 1.73 bits per heavy atom. The molecule has 0 aromatic rings. The smallest absolute Gasteiger partial charge is 0.144 e. The van der Waals surface area contributed by atoms with Gasteiger partial charge in [0.2, 0.25) is 0 Å². The van der Waals surface area contributed by atoms with Gasteiger partial charge in [-0.1, -0.05) is 19.3 Å². The van der Waals surface area contributed by atoms with Crippen molar-refractivity contribution in [3.8, 4) is 0 Å². The summed E-state index contributed by atoms with van der Waals surface area (Å²) in [6, 6.07) is 1.20. The SMILES string of the molecule is CC(=N)CC(C(=N)N1CCC(NC2CCCCC2)CC1)C(N)=NC(C)O. The number of aliphatic imine (C=N–C) groups is 1. The summed E-state index contributed by atoms with van der Waals surface area (Å²) >= 11 is 0. The van der Waals surface area contributed by atoms with E-state index in [2.05, 4.69) is 15.2 Å². The molecule has 0 radical (unpaired) electrons. The van der Waals surface area contributed by atoms with Crippen LogP contribution in [0, 0.1) is 16.7 Å². The minimum Gasteiger partial charge on any atom is -0.387 e. The van der Waals surface area contributed by atoms with Gasteiger partial charge in [0.1, 0.15) is 17.9 Å². The number of nitrogens with one attached hydrogen (secondary N) is 3. The maximum Gasteiger partial charge on any atom is 0.144 e. The summed E-state index contributed by atoms with van der Waals surface area (Å²) in [4.78, 5) is 6.08. The molecule has 1 saturated carbocycles. The Bertz CT molecular complexity index is 504. The first kappa shape index (κ1) is 20.8. The predicted molar refractivity (Wildman–Crippen MR) is 107 cm³/mol. The molecule has 2 aliphatic rings. The van der Waals surface area contributed by atoms with Crippen LogP contribution in [-0.2, 0) is 0 Å². The van der Waals surface area contributed by atoms with E-state index in [4.69, 9.17) is 16.6 Å². The highest BCUT2D eigenvalue weighted by Gasteiger charge is 2.29. The highest BCUT2D eigenvalue weighted by atomic mass is 16.3. The molecule has 1 saturated heterocycles. The monoisotopic (exact) mass is 364 g/mol. The van der Waals surface area contributed by atoms with Crippen molar-refractivity contribution >= 4 is 17.4 Å². The molecule has 1 aliphatic carbocycles. The molecule has 1 heterocycles. The normalized spacial score (nSPS) is 22.9. The average molecular weight is 365 g/mol. The van der Waals surface area contributed by atoms with Crippen molar-refractivity contribution in [2.24, 2.45) is 16.6 Å². The molecule has 7 nitrogen and oxygen atoms in total. The molecule has 148 valence electrons. The lowest BCUT2D eigenvalue weighted by atomic mass is 9.93. The first-order chi connectivity index (χ1) is 12.4. The van der Waals surface area contributed by atoms with Crippen LogP contribution in [0.1, 0.15) is 65.2 Å². The number of nitrogens with zero attached hydrogens (tertiary/aromatic N) is 2. The van der Waals surface area contributed by atoms with E-state index < -0.39 is 12.1 Å². The summed E-state index contributed by atoms with van der Waals surface area (Å²) in [7, 11) is 0. The fourth-order valence-electron chi connectivity index (χ4n) is 4.06. The standard InChI is InChI=1S/C19H36N6O/c1-13(20)12-17(18(21)23-14(2)26)19(22)25-10-8-16(9-11-25)24-15-6-4-3-5-7-15/h14-17,20,22,24,26H,3-12H2,1-2H3,(H2,21,23). The molecule has 2 rings (SSSR count). The topological polar surface area (TPSA) is 122 Å². The number of hydrogen-bond donors (Lipinski definition) is 5. The Labute approximate surface area is 157 Å². The number of rotatable bonds is 7. The first-order valence-corrected chi connectivity index (χ1v) is 10.0. The van der Waals surface area contributed by atoms with Gasteiger partial charge in [-0.3, -0.25) is 5.41 Å². The molecule has 0 aromatic heterocycles. The van der Waals surface area contributed by atoms with Crippen LogP contribution in [0.2, 0.25) is 0 Å². The van der Waals surface area contributed by atoms with Crippen LogP contribution < -0.4 is 11.1 Å². The Kier molecular flexibility index (Phi) is 8.03. The third-order valence-electron chi connectivity index (χ3n) is 5.45. The van der Waals surface area contributed by atoms with Crippen molar-refractivity contribution in [1.82, 2.24) is 10.2 Å². The zero-order chi connectivity index (χ0) is 19.1. The second kappa shape index (κ2) is 10.0. The number of piperidine rings is 1. The molecule has 6 N–H and O–H groups in total. The molecular formula is C19H36N6O. The van der Waals surface area contributed by atoms with Crippen molar-refractivity contribution in [2.75, 3.05) is 13.1 Å². The molecule has 0 amide bonds. The molecule has 7 heteroatoms. The number of aliphatic hydroxyl groups excluding tert-OH is 1. The number of aliphatic hydroxyl groups is 1. The van der Waals surface area contributed by atoms with E-state index in [0.717, 1.165) is 25.9 Å². The Morgan fingerprint density at radius 3 is 2.27 bits per heavy atom. The average Bonchev–Trinajstić information content (AvgIpc) is 2.60. The molecule has 1 aliphatic heterocycles. The van der Waals surface area contributed by atoms with Crippen molar-refractivity contribution in [3.63, 3.8) is 0 Å². The predicted octanol–water partition coefficient (Wildman–Crippen LogP) is 2.09. The summed E-state index contributed by atoms with van der Waals surface area (Å²) in [6.45, 7) is 4.93. The molecular weight excluding hydrogens is 328 g/mol. The quantitative estimate of drug-likeness (QED) is 0.351. The van der Waals surface area contributed by atoms with Gasteiger partial charge in [0.25, 0.3) is 0 Å². The minimum absolute atomic E-state index is 0.249. The number of likely N-dealkylation sites (tertiary alicyclic amines) is 1. The first-order valence-electron chi connectivity index (χ1n) is 10.0. The van der Waals surface area contributed by atoms with Gasteiger partial charge in [-0.15, -0.1) is 0 Å². The van der Waals surface area contributed by atoms with E-state index in [1.165, 1.54) is 32.1 Å². The molecule has 26 heavy (non-hydrogen) atoms. The number of amidine groups is 2. The lowest BCUT2D eigenvalue weighted by Crippen LogP contribution is -2.50. The van der Waals surface area contributed by atoms with Crippen molar-refractivity contribution < 1.29 is 5.11 Å². The highest BCUT2D eigenvalue weighted by molar-refractivity contribution is 6.06. The van der Waals surface area contributed by atoms with Gasteiger partial charge >= 0.3 is 0 Å². The lowest BCUT2D eigenvalue weighted by Gasteiger charge is -2.38. The van der Waals surface area contributed by atoms with E-state index in [0.29, 0.717) is 30.1 Å². The van der Waals surface area contributed by atoms with Crippen LogP contribution in [0.15, 0.2) is 4.99 Å². The fraction of sp³-hybridized carbons (Fsp3) is 0.842. The van der Waals surface area contributed by atoms with Crippen LogP contribution in [0.25, 0.3) is 0 Å². The summed E-state index contributed by atoms with van der Waals surface area (Å²) in [6.07, 6.45) is 8.19. The van der Waals surface area contributed by atoms with Crippen molar-refractivity contribution in [1.29, 1.82) is 10.8 Å². The molecule has 2 atom stereocenters. The summed E-state index contributed by atoms with van der Waals surface area (Å²) in [5, 5.41) is 29.7.